The first kappa shape index (κ1) is 30.1. The molecule has 1 aromatic heterocycles. The summed E-state index contributed by atoms with van der Waals surface area (Å²) in [5.41, 5.74) is 4.19. The normalized spacial score (nSPS) is 11.4. The van der Waals surface area contributed by atoms with Crippen LogP contribution in [0.25, 0.3) is 5.69 Å². The minimum absolute atomic E-state index is 0.0605. The number of hydrogen-bond acceptors (Lipinski definition) is 6. The molecule has 0 radical (unpaired) electrons. The maximum absolute atomic E-state index is 13.9. The van der Waals surface area contributed by atoms with Crippen LogP contribution in [-0.4, -0.2) is 36.4 Å². The monoisotopic (exact) mass is 609 g/mol. The van der Waals surface area contributed by atoms with Crippen molar-refractivity contribution in [1.82, 2.24) is 14.8 Å². The zero-order chi connectivity index (χ0) is 31.1. The largest absolute Gasteiger partial charge is 0.488 e. The molecule has 0 unspecified atom stereocenters. The van der Waals surface area contributed by atoms with Crippen molar-refractivity contribution < 1.29 is 17.9 Å². The second kappa shape index (κ2) is 13.3. The molecule has 0 saturated carbocycles. The van der Waals surface area contributed by atoms with Crippen molar-refractivity contribution in [2.45, 2.75) is 18.4 Å². The lowest BCUT2D eigenvalue weighted by Crippen LogP contribution is -2.42. The first-order chi connectivity index (χ1) is 21.3. The molecule has 44 heavy (non-hydrogen) atoms. The standard InChI is InChI=1S/C33H31N5O5S/c1-25-32(33(40)38(36(25)2)28-17-8-4-9-18-28)37(44(41,42)29-19-10-5-11-20-29)23-31(39)35-34-22-27-16-12-13-21-30(27)43-24-26-14-6-3-7-15-26/h3-22H,23-24H2,1-2H3,(H,35,39)/b34-22-. The quantitative estimate of drug-likeness (QED) is 0.176. The number of hydrazone groups is 1. The molecule has 4 aromatic carbocycles. The third kappa shape index (κ3) is 6.47. The summed E-state index contributed by atoms with van der Waals surface area (Å²) in [6.45, 7) is 1.29. The molecule has 5 rings (SSSR count). The SMILES string of the molecule is Cc1c(N(CC(=O)N/N=C\c2ccccc2OCc2ccccc2)S(=O)(=O)c2ccccc2)c(=O)n(-c2ccccc2)n1C. The molecule has 0 aliphatic rings. The number of nitrogens with zero attached hydrogens (tertiary/aromatic N) is 4. The van der Waals surface area contributed by atoms with Crippen molar-refractivity contribution in [3.05, 3.63) is 142 Å². The second-order valence-corrected chi connectivity index (χ2v) is 11.7. The lowest BCUT2D eigenvalue weighted by atomic mass is 10.2. The zero-order valence-electron chi connectivity index (χ0n) is 24.2. The number of sulfonamides is 1. The molecule has 0 saturated heterocycles. The molecular formula is C33H31N5O5S. The second-order valence-electron chi connectivity index (χ2n) is 9.84. The molecule has 0 fully saturated rings. The van der Waals surface area contributed by atoms with Gasteiger partial charge in [-0.25, -0.2) is 22.8 Å². The number of amides is 1. The van der Waals surface area contributed by atoms with Gasteiger partial charge in [0.25, 0.3) is 21.5 Å². The third-order valence-electron chi connectivity index (χ3n) is 6.94. The van der Waals surface area contributed by atoms with Crippen LogP contribution in [0.1, 0.15) is 16.8 Å². The molecule has 0 bridgehead atoms. The van der Waals surface area contributed by atoms with E-state index in [1.807, 2.05) is 48.5 Å². The number of anilines is 1. The Morgan fingerprint density at radius 1 is 0.886 bits per heavy atom. The summed E-state index contributed by atoms with van der Waals surface area (Å²) >= 11 is 0. The summed E-state index contributed by atoms with van der Waals surface area (Å²) in [4.78, 5) is 26.9. The molecule has 5 aromatic rings. The van der Waals surface area contributed by atoms with E-state index in [2.05, 4.69) is 10.5 Å². The lowest BCUT2D eigenvalue weighted by molar-refractivity contribution is -0.119. The van der Waals surface area contributed by atoms with Gasteiger partial charge in [-0.05, 0) is 48.9 Å². The molecule has 224 valence electrons. The molecule has 1 amide bonds. The Hall–Kier alpha value is -5.42. The van der Waals surface area contributed by atoms with Crippen LogP contribution >= 0.6 is 0 Å². The van der Waals surface area contributed by atoms with Gasteiger partial charge in [0.05, 0.1) is 22.5 Å². The summed E-state index contributed by atoms with van der Waals surface area (Å²) in [6.07, 6.45) is 1.42. The topological polar surface area (TPSA) is 115 Å². The van der Waals surface area contributed by atoms with E-state index in [9.17, 15) is 18.0 Å². The van der Waals surface area contributed by atoms with Gasteiger partial charge < -0.3 is 4.74 Å². The molecule has 11 heteroatoms. The molecule has 1 N–H and O–H groups in total. The van der Waals surface area contributed by atoms with Crippen LogP contribution in [0, 0.1) is 6.92 Å². The van der Waals surface area contributed by atoms with E-state index in [1.54, 1.807) is 73.3 Å². The molecule has 0 aliphatic carbocycles. The summed E-state index contributed by atoms with van der Waals surface area (Å²) in [5.74, 6) is -0.179. The molecular weight excluding hydrogens is 578 g/mol. The van der Waals surface area contributed by atoms with E-state index in [0.29, 0.717) is 29.3 Å². The highest BCUT2D eigenvalue weighted by molar-refractivity contribution is 7.92. The van der Waals surface area contributed by atoms with Crippen LogP contribution in [0.5, 0.6) is 5.75 Å². The highest BCUT2D eigenvalue weighted by Crippen LogP contribution is 2.25. The maximum Gasteiger partial charge on any atom is 0.296 e. The molecule has 10 nitrogen and oxygen atoms in total. The van der Waals surface area contributed by atoms with E-state index in [-0.39, 0.29) is 10.6 Å². The highest BCUT2D eigenvalue weighted by Gasteiger charge is 2.33. The Morgan fingerprint density at radius 3 is 2.16 bits per heavy atom. The van der Waals surface area contributed by atoms with E-state index in [1.165, 1.54) is 23.0 Å². The van der Waals surface area contributed by atoms with Gasteiger partial charge in [-0.3, -0.25) is 14.3 Å². The minimum Gasteiger partial charge on any atom is -0.488 e. The van der Waals surface area contributed by atoms with Crippen LogP contribution in [0.15, 0.2) is 130 Å². The van der Waals surface area contributed by atoms with Gasteiger partial charge in [-0.1, -0.05) is 78.9 Å². The number of aromatic nitrogens is 2. The number of ether oxygens (including phenoxy) is 1. The summed E-state index contributed by atoms with van der Waals surface area (Å²) in [5, 5.41) is 4.06. The van der Waals surface area contributed by atoms with Gasteiger partial charge in [0, 0.05) is 12.6 Å². The van der Waals surface area contributed by atoms with Crippen LogP contribution in [-0.2, 0) is 28.5 Å². The number of benzene rings is 4. The fraction of sp³-hybridized carbons (Fsp3) is 0.121. The van der Waals surface area contributed by atoms with Crippen molar-refractivity contribution in [3.63, 3.8) is 0 Å². The van der Waals surface area contributed by atoms with Crippen LogP contribution in [0.3, 0.4) is 0 Å². The predicted molar refractivity (Wildman–Crippen MR) is 170 cm³/mol. The summed E-state index contributed by atoms with van der Waals surface area (Å²) in [7, 11) is -2.67. The number of para-hydroxylation sites is 2. The average Bonchev–Trinajstić information content (AvgIpc) is 3.27. The van der Waals surface area contributed by atoms with Gasteiger partial charge in [0.2, 0.25) is 0 Å². The summed E-state index contributed by atoms with van der Waals surface area (Å²) < 4.78 is 37.5. The number of carbonyl (C=O) groups is 1. The maximum atomic E-state index is 13.9. The van der Waals surface area contributed by atoms with Crippen LogP contribution < -0.4 is 20.0 Å². The zero-order valence-corrected chi connectivity index (χ0v) is 25.0. The van der Waals surface area contributed by atoms with Gasteiger partial charge in [-0.2, -0.15) is 5.10 Å². The van der Waals surface area contributed by atoms with E-state index in [0.717, 1.165) is 9.87 Å². The predicted octanol–water partition coefficient (Wildman–Crippen LogP) is 4.41. The minimum atomic E-state index is -4.32. The Kier molecular flexibility index (Phi) is 9.06. The molecule has 0 atom stereocenters. The number of carbonyl (C=O) groups excluding carboxylic acids is 1. The first-order valence-electron chi connectivity index (χ1n) is 13.8. The highest BCUT2D eigenvalue weighted by atomic mass is 32.2. The lowest BCUT2D eigenvalue weighted by Gasteiger charge is -2.22. The van der Waals surface area contributed by atoms with Crippen molar-refractivity contribution in [3.8, 4) is 11.4 Å². The number of nitrogens with one attached hydrogen (secondary N) is 1. The summed E-state index contributed by atoms with van der Waals surface area (Å²) in [6, 6.07) is 33.4. The van der Waals surface area contributed by atoms with Crippen molar-refractivity contribution in [1.29, 1.82) is 0 Å². The van der Waals surface area contributed by atoms with Crippen LogP contribution in [0.4, 0.5) is 5.69 Å². The Labute approximate surface area is 255 Å². The number of hydrogen-bond donors (Lipinski definition) is 1. The van der Waals surface area contributed by atoms with Crippen LogP contribution in [0.2, 0.25) is 0 Å². The first-order valence-corrected chi connectivity index (χ1v) is 15.2. The molecule has 0 aliphatic heterocycles. The fourth-order valence-electron chi connectivity index (χ4n) is 4.64. The van der Waals surface area contributed by atoms with Gasteiger partial charge in [0.15, 0.2) is 0 Å². The third-order valence-corrected chi connectivity index (χ3v) is 8.70. The number of rotatable bonds is 11. The Bertz CT molecular complexity index is 1940. The van der Waals surface area contributed by atoms with Crippen molar-refractivity contribution in [2.75, 3.05) is 10.8 Å². The van der Waals surface area contributed by atoms with E-state index < -0.39 is 28.0 Å². The van der Waals surface area contributed by atoms with Crippen molar-refractivity contribution in [2.24, 2.45) is 12.1 Å². The van der Waals surface area contributed by atoms with Crippen molar-refractivity contribution >= 4 is 27.8 Å². The Morgan fingerprint density at radius 2 is 1.48 bits per heavy atom. The van der Waals surface area contributed by atoms with E-state index >= 15 is 0 Å². The smallest absolute Gasteiger partial charge is 0.296 e. The fourth-order valence-corrected chi connectivity index (χ4v) is 6.13. The van der Waals surface area contributed by atoms with Gasteiger partial charge >= 0.3 is 0 Å². The van der Waals surface area contributed by atoms with Gasteiger partial charge in [-0.15, -0.1) is 0 Å². The molecule has 1 heterocycles. The Balaban J connectivity index is 1.42. The van der Waals surface area contributed by atoms with Gasteiger partial charge in [0.1, 0.15) is 24.6 Å². The average molecular weight is 610 g/mol. The van der Waals surface area contributed by atoms with E-state index in [4.69, 9.17) is 4.74 Å². The molecule has 0 spiro atoms.